The molecular formula is C23H29F3. The van der Waals surface area contributed by atoms with Crippen LogP contribution in [0.4, 0.5) is 13.2 Å². The molecule has 0 heterocycles. The predicted molar refractivity (Wildman–Crippen MR) is 100 cm³/mol. The van der Waals surface area contributed by atoms with Crippen LogP contribution in [0.3, 0.4) is 0 Å². The normalized spacial score (nSPS) is 26.0. The molecular weight excluding hydrogens is 333 g/mol. The summed E-state index contributed by atoms with van der Waals surface area (Å²) >= 11 is 0. The number of hydrogen-bond donors (Lipinski definition) is 0. The Labute approximate surface area is 155 Å². The Morgan fingerprint density at radius 3 is 2.23 bits per heavy atom. The lowest BCUT2D eigenvalue weighted by atomic mass is 9.75. The summed E-state index contributed by atoms with van der Waals surface area (Å²) in [4.78, 5) is 0. The second-order valence-corrected chi connectivity index (χ2v) is 7.92. The molecule has 0 aliphatic heterocycles. The van der Waals surface area contributed by atoms with Crippen LogP contribution in [0, 0.1) is 29.3 Å². The van der Waals surface area contributed by atoms with Gasteiger partial charge < -0.3 is 0 Å². The van der Waals surface area contributed by atoms with E-state index in [2.05, 4.69) is 19.1 Å². The largest absolute Gasteiger partial charge is 0.204 e. The van der Waals surface area contributed by atoms with E-state index in [1.165, 1.54) is 56.9 Å². The van der Waals surface area contributed by atoms with Crippen molar-refractivity contribution in [1.82, 2.24) is 0 Å². The first-order chi connectivity index (χ1) is 12.6. The summed E-state index contributed by atoms with van der Waals surface area (Å²) in [7, 11) is 0. The van der Waals surface area contributed by atoms with Crippen LogP contribution in [0.15, 0.2) is 35.9 Å². The summed E-state index contributed by atoms with van der Waals surface area (Å²) in [5.41, 5.74) is 1.88. The smallest absolute Gasteiger partial charge is 0.194 e. The zero-order valence-electron chi connectivity index (χ0n) is 15.6. The highest BCUT2D eigenvalue weighted by Crippen LogP contribution is 2.39. The monoisotopic (exact) mass is 362 g/mol. The number of rotatable bonds is 6. The van der Waals surface area contributed by atoms with Crippen LogP contribution in [0.25, 0.3) is 0 Å². The second kappa shape index (κ2) is 8.92. The van der Waals surface area contributed by atoms with Crippen molar-refractivity contribution in [3.8, 4) is 0 Å². The van der Waals surface area contributed by atoms with Crippen molar-refractivity contribution in [2.75, 3.05) is 0 Å². The summed E-state index contributed by atoms with van der Waals surface area (Å²) in [5, 5.41) is 0. The van der Waals surface area contributed by atoms with Crippen molar-refractivity contribution in [1.29, 1.82) is 0 Å². The van der Waals surface area contributed by atoms with Crippen LogP contribution >= 0.6 is 0 Å². The van der Waals surface area contributed by atoms with Gasteiger partial charge in [0.1, 0.15) is 0 Å². The average Bonchev–Trinajstić information content (AvgIpc) is 2.67. The van der Waals surface area contributed by atoms with Gasteiger partial charge in [-0.1, -0.05) is 50.8 Å². The van der Waals surface area contributed by atoms with Gasteiger partial charge in [-0.05, 0) is 67.2 Å². The summed E-state index contributed by atoms with van der Waals surface area (Å²) in [5.74, 6) is -2.16. The first kappa shape index (κ1) is 19.3. The average molecular weight is 362 g/mol. The summed E-state index contributed by atoms with van der Waals surface area (Å²) in [6.45, 7) is 2.25. The molecule has 1 atom stereocenters. The molecule has 3 rings (SSSR count). The quantitative estimate of drug-likeness (QED) is 0.364. The molecule has 26 heavy (non-hydrogen) atoms. The van der Waals surface area contributed by atoms with E-state index in [1.807, 2.05) is 6.08 Å². The van der Waals surface area contributed by atoms with Gasteiger partial charge in [-0.3, -0.25) is 0 Å². The molecule has 0 N–H and O–H groups in total. The van der Waals surface area contributed by atoms with Gasteiger partial charge in [-0.25, -0.2) is 13.2 Å². The van der Waals surface area contributed by atoms with Crippen LogP contribution in [0.2, 0.25) is 0 Å². The summed E-state index contributed by atoms with van der Waals surface area (Å²) in [6.07, 6.45) is 17.6. The molecule has 0 amide bonds. The van der Waals surface area contributed by atoms with E-state index in [1.54, 1.807) is 0 Å². The molecule has 0 aromatic heterocycles. The fourth-order valence-electron chi connectivity index (χ4n) is 4.44. The molecule has 1 aromatic carbocycles. The van der Waals surface area contributed by atoms with Crippen molar-refractivity contribution < 1.29 is 13.2 Å². The fraction of sp³-hybridized carbons (Fsp3) is 0.565. The molecule has 1 aromatic rings. The van der Waals surface area contributed by atoms with Crippen molar-refractivity contribution in [2.45, 2.75) is 70.6 Å². The number of hydrogen-bond acceptors (Lipinski definition) is 0. The molecule has 0 nitrogen and oxygen atoms in total. The Hall–Kier alpha value is -1.51. The molecule has 3 heteroatoms. The lowest BCUT2D eigenvalue weighted by Crippen LogP contribution is -2.17. The van der Waals surface area contributed by atoms with Gasteiger partial charge >= 0.3 is 0 Å². The molecule has 1 saturated carbocycles. The maximum Gasteiger partial charge on any atom is 0.194 e. The van der Waals surface area contributed by atoms with Crippen molar-refractivity contribution >= 4 is 0 Å². The van der Waals surface area contributed by atoms with Crippen LogP contribution in [0.5, 0.6) is 0 Å². The Balaban J connectivity index is 1.54. The molecule has 0 spiro atoms. The topological polar surface area (TPSA) is 0 Å². The lowest BCUT2D eigenvalue weighted by molar-refractivity contribution is 0.283. The van der Waals surface area contributed by atoms with Gasteiger partial charge in [0, 0.05) is 5.92 Å². The zero-order valence-corrected chi connectivity index (χ0v) is 15.6. The number of benzene rings is 1. The maximum absolute atomic E-state index is 13.5. The van der Waals surface area contributed by atoms with Crippen LogP contribution < -0.4 is 0 Å². The SMILES string of the molecule is CCCCCC1CCC(C2=CCC(c3cc(F)c(F)c(F)c3)C=C2)CC1. The third kappa shape index (κ3) is 4.61. The van der Waals surface area contributed by atoms with Crippen molar-refractivity contribution in [3.05, 3.63) is 58.9 Å². The number of allylic oxidation sites excluding steroid dienone is 4. The minimum Gasteiger partial charge on any atom is -0.204 e. The molecule has 2 aliphatic carbocycles. The van der Waals surface area contributed by atoms with E-state index >= 15 is 0 Å². The highest BCUT2D eigenvalue weighted by Gasteiger charge is 2.24. The predicted octanol–water partition coefficient (Wildman–Crippen LogP) is 7.46. The molecule has 0 bridgehead atoms. The van der Waals surface area contributed by atoms with Gasteiger partial charge in [0.05, 0.1) is 0 Å². The first-order valence-corrected chi connectivity index (χ1v) is 10.1. The molecule has 1 fully saturated rings. The fourth-order valence-corrected chi connectivity index (χ4v) is 4.44. The van der Waals surface area contributed by atoms with Crippen LogP contribution in [-0.4, -0.2) is 0 Å². The Bertz CT molecular complexity index is 643. The van der Waals surface area contributed by atoms with E-state index in [9.17, 15) is 13.2 Å². The molecule has 142 valence electrons. The number of unbranched alkanes of at least 4 members (excludes halogenated alkanes) is 2. The van der Waals surface area contributed by atoms with Crippen molar-refractivity contribution in [3.63, 3.8) is 0 Å². The first-order valence-electron chi connectivity index (χ1n) is 10.1. The number of halogens is 3. The maximum atomic E-state index is 13.5. The van der Waals surface area contributed by atoms with Gasteiger partial charge in [-0.15, -0.1) is 0 Å². The minimum absolute atomic E-state index is 0.0752. The van der Waals surface area contributed by atoms with E-state index in [0.29, 0.717) is 11.5 Å². The van der Waals surface area contributed by atoms with Gasteiger partial charge in [0.15, 0.2) is 17.5 Å². The summed E-state index contributed by atoms with van der Waals surface area (Å²) in [6, 6.07) is 2.24. The van der Waals surface area contributed by atoms with E-state index < -0.39 is 17.5 Å². The van der Waals surface area contributed by atoms with E-state index in [-0.39, 0.29) is 5.92 Å². The van der Waals surface area contributed by atoms with E-state index in [4.69, 9.17) is 0 Å². The van der Waals surface area contributed by atoms with E-state index in [0.717, 1.165) is 24.5 Å². The highest BCUT2D eigenvalue weighted by atomic mass is 19.2. The second-order valence-electron chi connectivity index (χ2n) is 7.92. The third-order valence-corrected chi connectivity index (χ3v) is 6.10. The van der Waals surface area contributed by atoms with Gasteiger partial charge in [-0.2, -0.15) is 0 Å². The summed E-state index contributed by atoms with van der Waals surface area (Å²) < 4.78 is 40.0. The van der Waals surface area contributed by atoms with Crippen LogP contribution in [0.1, 0.15) is 76.2 Å². The minimum atomic E-state index is -1.39. The molecule has 1 unspecified atom stereocenters. The Kier molecular flexibility index (Phi) is 6.61. The standard InChI is InChI=1S/C23H29F3/c1-2-3-4-5-16-6-8-17(9-7-16)18-10-12-19(13-11-18)20-14-21(24)23(26)22(25)15-20/h10-12,14-17,19H,2-9,13H2,1H3. The molecule has 2 aliphatic rings. The van der Waals surface area contributed by atoms with Gasteiger partial charge in [0.25, 0.3) is 0 Å². The molecule has 0 saturated heterocycles. The lowest BCUT2D eigenvalue weighted by Gasteiger charge is -2.31. The molecule has 0 radical (unpaired) electrons. The Morgan fingerprint density at radius 1 is 0.962 bits per heavy atom. The van der Waals surface area contributed by atoms with Gasteiger partial charge in [0.2, 0.25) is 0 Å². The Morgan fingerprint density at radius 2 is 1.65 bits per heavy atom. The third-order valence-electron chi connectivity index (χ3n) is 6.10. The van der Waals surface area contributed by atoms with Crippen molar-refractivity contribution in [2.24, 2.45) is 11.8 Å². The highest BCUT2D eigenvalue weighted by molar-refractivity contribution is 5.35. The van der Waals surface area contributed by atoms with Crippen LogP contribution in [-0.2, 0) is 0 Å². The zero-order chi connectivity index (χ0) is 18.5.